The number of nitrogens with zero attached hydrogens (tertiary/aromatic N) is 4. The van der Waals surface area contributed by atoms with Gasteiger partial charge in [-0.1, -0.05) is 30.3 Å². The number of aromatic nitrogens is 4. The van der Waals surface area contributed by atoms with Crippen molar-refractivity contribution in [1.82, 2.24) is 19.4 Å². The fourth-order valence-electron chi connectivity index (χ4n) is 3.19. The van der Waals surface area contributed by atoms with Crippen molar-refractivity contribution < 1.29 is 4.39 Å². The summed E-state index contributed by atoms with van der Waals surface area (Å²) in [5, 5.41) is 5.26. The van der Waals surface area contributed by atoms with Crippen LogP contribution in [0.25, 0.3) is 27.6 Å². The third kappa shape index (κ3) is 3.48. The van der Waals surface area contributed by atoms with Crippen molar-refractivity contribution in [1.29, 1.82) is 0 Å². The molecule has 0 spiro atoms. The minimum Gasteiger partial charge on any atom is -0.350 e. The molecule has 0 aliphatic heterocycles. The molecule has 0 bridgehead atoms. The van der Waals surface area contributed by atoms with E-state index in [4.69, 9.17) is 9.97 Å². The Morgan fingerprint density at radius 2 is 1.79 bits per heavy atom. The summed E-state index contributed by atoms with van der Waals surface area (Å²) in [7, 11) is 0. The van der Waals surface area contributed by atoms with Crippen molar-refractivity contribution in [2.24, 2.45) is 0 Å². The van der Waals surface area contributed by atoms with Crippen molar-refractivity contribution in [3.8, 4) is 22.6 Å². The molecule has 5 nitrogen and oxygen atoms in total. The summed E-state index contributed by atoms with van der Waals surface area (Å²) in [5.74, 6) is 0.271. The molecular formula is C22H16FN5S. The Labute approximate surface area is 170 Å². The highest BCUT2D eigenvalue weighted by atomic mass is 32.1. The first-order chi connectivity index (χ1) is 14.3. The summed E-state index contributed by atoms with van der Waals surface area (Å²) in [5.41, 5.74) is 4.37. The number of nitrogens with one attached hydrogen (secondary N) is 1. The molecule has 2 aromatic carbocycles. The summed E-state index contributed by atoms with van der Waals surface area (Å²) >= 11 is 1.55. The lowest BCUT2D eigenvalue weighted by Crippen LogP contribution is -2.04. The van der Waals surface area contributed by atoms with Crippen molar-refractivity contribution in [2.75, 3.05) is 5.32 Å². The summed E-state index contributed by atoms with van der Waals surface area (Å²) in [4.78, 5) is 14.7. The van der Waals surface area contributed by atoms with Gasteiger partial charge in [0, 0.05) is 29.9 Å². The van der Waals surface area contributed by atoms with E-state index in [0.717, 1.165) is 33.2 Å². The van der Waals surface area contributed by atoms with Gasteiger partial charge in [-0.3, -0.25) is 4.40 Å². The Hall–Kier alpha value is -3.58. The van der Waals surface area contributed by atoms with E-state index in [1.807, 2.05) is 40.2 Å². The molecule has 7 heteroatoms. The molecule has 29 heavy (non-hydrogen) atoms. The Kier molecular flexibility index (Phi) is 4.50. The Morgan fingerprint density at radius 1 is 0.966 bits per heavy atom. The van der Waals surface area contributed by atoms with E-state index in [1.165, 1.54) is 12.1 Å². The maximum atomic E-state index is 13.4. The SMILES string of the molecule is Fc1ccc(-c2nc3sccn3c2-c2ccnc(NCc3ccccc3)n2)cc1. The van der Waals surface area contributed by atoms with Crippen LogP contribution in [0.4, 0.5) is 10.3 Å². The number of hydrogen-bond donors (Lipinski definition) is 1. The molecule has 3 aromatic heterocycles. The molecule has 0 aliphatic rings. The highest BCUT2D eigenvalue weighted by molar-refractivity contribution is 7.15. The van der Waals surface area contributed by atoms with Crippen molar-refractivity contribution in [2.45, 2.75) is 6.54 Å². The molecule has 0 amide bonds. The summed E-state index contributed by atoms with van der Waals surface area (Å²) in [6.45, 7) is 0.634. The van der Waals surface area contributed by atoms with Crippen LogP contribution in [0, 0.1) is 5.82 Å². The molecule has 142 valence electrons. The quantitative estimate of drug-likeness (QED) is 0.436. The number of fused-ring (bicyclic) bond motifs is 1. The standard InChI is InChI=1S/C22H16FN5S/c23-17-8-6-16(7-9-17)19-20(28-12-13-29-22(28)27-19)18-10-11-24-21(26-18)25-14-15-4-2-1-3-5-15/h1-13H,14H2,(H,24,25,26). The molecule has 0 saturated heterocycles. The summed E-state index contributed by atoms with van der Waals surface area (Å²) in [6.07, 6.45) is 3.70. The number of hydrogen-bond acceptors (Lipinski definition) is 5. The van der Waals surface area contributed by atoms with Gasteiger partial charge in [-0.25, -0.2) is 19.3 Å². The second-order valence-corrected chi connectivity index (χ2v) is 7.35. The molecule has 1 N–H and O–H groups in total. The fourth-order valence-corrected chi connectivity index (χ4v) is 3.91. The average molecular weight is 401 g/mol. The van der Waals surface area contributed by atoms with E-state index >= 15 is 0 Å². The number of imidazole rings is 1. The molecule has 0 radical (unpaired) electrons. The zero-order valence-corrected chi connectivity index (χ0v) is 16.1. The van der Waals surface area contributed by atoms with Gasteiger partial charge in [-0.05, 0) is 35.9 Å². The number of halogens is 1. The zero-order valence-electron chi connectivity index (χ0n) is 15.3. The van der Waals surface area contributed by atoms with Crippen LogP contribution >= 0.6 is 11.3 Å². The largest absolute Gasteiger partial charge is 0.350 e. The normalized spacial score (nSPS) is 11.1. The van der Waals surface area contributed by atoms with Crippen LogP contribution in [0.15, 0.2) is 78.4 Å². The van der Waals surface area contributed by atoms with Gasteiger partial charge in [0.25, 0.3) is 0 Å². The Morgan fingerprint density at radius 3 is 2.62 bits per heavy atom. The summed E-state index contributed by atoms with van der Waals surface area (Å²) in [6, 6.07) is 18.3. The topological polar surface area (TPSA) is 55.1 Å². The molecule has 0 aliphatic carbocycles. The molecule has 0 fully saturated rings. The van der Waals surface area contributed by atoms with Gasteiger partial charge in [0.15, 0.2) is 4.96 Å². The molecule has 0 saturated carbocycles. The molecule has 3 heterocycles. The lowest BCUT2D eigenvalue weighted by atomic mass is 10.1. The van der Waals surface area contributed by atoms with Crippen LogP contribution < -0.4 is 5.32 Å². The molecule has 0 atom stereocenters. The highest BCUT2D eigenvalue weighted by Gasteiger charge is 2.18. The average Bonchev–Trinajstić information content (AvgIpc) is 3.35. The Balaban J connectivity index is 1.54. The highest BCUT2D eigenvalue weighted by Crippen LogP contribution is 2.33. The van der Waals surface area contributed by atoms with E-state index in [9.17, 15) is 4.39 Å². The lowest BCUT2D eigenvalue weighted by Gasteiger charge is -2.08. The van der Waals surface area contributed by atoms with E-state index in [-0.39, 0.29) is 5.82 Å². The first-order valence-electron chi connectivity index (χ1n) is 9.10. The van der Waals surface area contributed by atoms with Crippen LogP contribution in [-0.4, -0.2) is 19.4 Å². The van der Waals surface area contributed by atoms with E-state index in [2.05, 4.69) is 22.4 Å². The second-order valence-electron chi connectivity index (χ2n) is 6.48. The minimum atomic E-state index is -0.272. The lowest BCUT2D eigenvalue weighted by molar-refractivity contribution is 0.628. The van der Waals surface area contributed by atoms with Crippen LogP contribution in [0.3, 0.4) is 0 Å². The maximum Gasteiger partial charge on any atom is 0.223 e. The number of benzene rings is 2. The van der Waals surface area contributed by atoms with Gasteiger partial charge in [-0.15, -0.1) is 11.3 Å². The van der Waals surface area contributed by atoms with Crippen molar-refractivity contribution in [3.63, 3.8) is 0 Å². The molecule has 0 unspecified atom stereocenters. The molecule has 5 rings (SSSR count). The van der Waals surface area contributed by atoms with Gasteiger partial charge in [0.2, 0.25) is 5.95 Å². The first kappa shape index (κ1) is 17.5. The smallest absolute Gasteiger partial charge is 0.223 e. The van der Waals surface area contributed by atoms with E-state index < -0.39 is 0 Å². The van der Waals surface area contributed by atoms with Gasteiger partial charge >= 0.3 is 0 Å². The first-order valence-corrected chi connectivity index (χ1v) is 9.98. The van der Waals surface area contributed by atoms with E-state index in [1.54, 1.807) is 29.7 Å². The van der Waals surface area contributed by atoms with Gasteiger partial charge < -0.3 is 5.32 Å². The third-order valence-corrected chi connectivity index (χ3v) is 5.33. The van der Waals surface area contributed by atoms with Gasteiger partial charge in [0.1, 0.15) is 11.5 Å². The fraction of sp³-hybridized carbons (Fsp3) is 0.0455. The predicted octanol–water partition coefficient (Wildman–Crippen LogP) is 5.27. The number of rotatable bonds is 5. The summed E-state index contributed by atoms with van der Waals surface area (Å²) < 4.78 is 15.4. The van der Waals surface area contributed by atoms with Crippen molar-refractivity contribution >= 4 is 22.2 Å². The van der Waals surface area contributed by atoms with Gasteiger partial charge in [-0.2, -0.15) is 0 Å². The van der Waals surface area contributed by atoms with Crippen LogP contribution in [-0.2, 0) is 6.54 Å². The third-order valence-electron chi connectivity index (χ3n) is 4.57. The maximum absolute atomic E-state index is 13.4. The minimum absolute atomic E-state index is 0.272. The van der Waals surface area contributed by atoms with Crippen molar-refractivity contribution in [3.05, 3.63) is 89.8 Å². The Bertz CT molecular complexity index is 1260. The molecule has 5 aromatic rings. The second kappa shape index (κ2) is 7.44. The predicted molar refractivity (Wildman–Crippen MR) is 113 cm³/mol. The van der Waals surface area contributed by atoms with E-state index in [0.29, 0.717) is 12.5 Å². The van der Waals surface area contributed by atoms with Crippen LogP contribution in [0.1, 0.15) is 5.56 Å². The molecular weight excluding hydrogens is 385 g/mol. The number of thiazole rings is 1. The monoisotopic (exact) mass is 401 g/mol. The number of anilines is 1. The zero-order chi connectivity index (χ0) is 19.6. The van der Waals surface area contributed by atoms with Crippen LogP contribution in [0.2, 0.25) is 0 Å². The van der Waals surface area contributed by atoms with Gasteiger partial charge in [0.05, 0.1) is 11.4 Å². The van der Waals surface area contributed by atoms with Crippen LogP contribution in [0.5, 0.6) is 0 Å².